The van der Waals surface area contributed by atoms with E-state index in [9.17, 15) is 4.79 Å². The Labute approximate surface area is 253 Å². The van der Waals surface area contributed by atoms with E-state index in [0.717, 1.165) is 23.2 Å². The van der Waals surface area contributed by atoms with Crippen molar-refractivity contribution in [3.63, 3.8) is 0 Å². The third-order valence-corrected chi connectivity index (χ3v) is 8.33. The monoisotopic (exact) mass is 594 g/mol. The molecule has 2 aromatic carbocycles. The first-order valence-electron chi connectivity index (χ1n) is 14.8. The molecule has 13 nitrogen and oxygen atoms in total. The molecule has 7 rings (SSSR count). The maximum absolute atomic E-state index is 12.9. The molecule has 0 bridgehead atoms. The van der Waals surface area contributed by atoms with Gasteiger partial charge in [0.25, 0.3) is 0 Å². The van der Waals surface area contributed by atoms with E-state index < -0.39 is 0 Å². The number of carbonyl (C=O) groups excluding carboxylic acids is 1. The van der Waals surface area contributed by atoms with Crippen LogP contribution in [0.1, 0.15) is 35.3 Å². The number of H-pyrrole nitrogens is 1. The summed E-state index contributed by atoms with van der Waals surface area (Å²) in [5.41, 5.74) is 4.36. The number of ether oxygens (including phenoxy) is 2. The van der Waals surface area contributed by atoms with Gasteiger partial charge in [0.15, 0.2) is 11.1 Å². The molecule has 5 aromatic rings. The SMILES string of the molecule is N=c1ncn(Cc2cn([C@H](c3ccccc3)[C@H](c3ccccc3)N3CCN(C(=O)OC4CCOC4)CC3)nn2)c2nc[nH]c12. The predicted octanol–water partition coefficient (Wildman–Crippen LogP) is 2.75. The highest BCUT2D eigenvalue weighted by Gasteiger charge is 2.36. The first-order chi connectivity index (χ1) is 21.6. The number of nitrogens with one attached hydrogen (secondary N) is 2. The number of piperazine rings is 1. The van der Waals surface area contributed by atoms with Crippen molar-refractivity contribution in [2.75, 3.05) is 39.4 Å². The van der Waals surface area contributed by atoms with Crippen LogP contribution in [0.15, 0.2) is 79.5 Å². The van der Waals surface area contributed by atoms with Crippen molar-refractivity contribution in [3.05, 3.63) is 102 Å². The Balaban J connectivity index is 1.18. The van der Waals surface area contributed by atoms with Crippen LogP contribution in [0.3, 0.4) is 0 Å². The molecule has 2 aliphatic heterocycles. The molecular weight excluding hydrogens is 560 g/mol. The van der Waals surface area contributed by atoms with Crippen LogP contribution in [-0.2, 0) is 16.0 Å². The number of aromatic nitrogens is 7. The summed E-state index contributed by atoms with van der Waals surface area (Å²) in [7, 11) is 0. The van der Waals surface area contributed by atoms with Crippen molar-refractivity contribution < 1.29 is 14.3 Å². The van der Waals surface area contributed by atoms with Gasteiger partial charge in [-0.25, -0.2) is 19.4 Å². The Bertz CT molecular complexity index is 1760. The molecule has 1 amide bonds. The summed E-state index contributed by atoms with van der Waals surface area (Å²) < 4.78 is 14.9. The van der Waals surface area contributed by atoms with Gasteiger partial charge in [0, 0.05) is 32.6 Å². The van der Waals surface area contributed by atoms with E-state index in [1.807, 2.05) is 39.7 Å². The lowest BCUT2D eigenvalue weighted by Crippen LogP contribution is -2.51. The Morgan fingerprint density at radius 3 is 2.43 bits per heavy atom. The van der Waals surface area contributed by atoms with Gasteiger partial charge in [-0.3, -0.25) is 10.3 Å². The van der Waals surface area contributed by atoms with Crippen LogP contribution in [0.25, 0.3) is 11.2 Å². The molecule has 0 spiro atoms. The van der Waals surface area contributed by atoms with Gasteiger partial charge >= 0.3 is 6.09 Å². The average molecular weight is 595 g/mol. The predicted molar refractivity (Wildman–Crippen MR) is 159 cm³/mol. The molecule has 3 atom stereocenters. The van der Waals surface area contributed by atoms with Gasteiger partial charge < -0.3 is 23.9 Å². The summed E-state index contributed by atoms with van der Waals surface area (Å²) in [6, 6.07) is 20.5. The lowest BCUT2D eigenvalue weighted by Gasteiger charge is -2.42. The molecule has 0 aliphatic carbocycles. The van der Waals surface area contributed by atoms with Gasteiger partial charge in [0.2, 0.25) is 0 Å². The zero-order valence-electron chi connectivity index (χ0n) is 24.2. The summed E-state index contributed by atoms with van der Waals surface area (Å²) in [4.78, 5) is 28.7. The first-order valence-corrected chi connectivity index (χ1v) is 14.8. The van der Waals surface area contributed by atoms with E-state index in [2.05, 4.69) is 66.6 Å². The number of hydrogen-bond acceptors (Lipinski definition) is 9. The van der Waals surface area contributed by atoms with Crippen LogP contribution in [0.5, 0.6) is 0 Å². The van der Waals surface area contributed by atoms with Crippen molar-refractivity contribution in [3.8, 4) is 0 Å². The number of aromatic amines is 1. The molecule has 226 valence electrons. The Hall–Kier alpha value is -4.88. The number of hydrogen-bond donors (Lipinski definition) is 2. The first kappa shape index (κ1) is 27.9. The largest absolute Gasteiger partial charge is 0.444 e. The van der Waals surface area contributed by atoms with E-state index in [0.29, 0.717) is 57.1 Å². The highest BCUT2D eigenvalue weighted by Crippen LogP contribution is 2.37. The zero-order valence-corrected chi connectivity index (χ0v) is 24.2. The third kappa shape index (κ3) is 5.71. The van der Waals surface area contributed by atoms with E-state index in [4.69, 9.17) is 14.9 Å². The highest BCUT2D eigenvalue weighted by atomic mass is 16.6. The second kappa shape index (κ2) is 12.4. The lowest BCUT2D eigenvalue weighted by molar-refractivity contribution is 0.0298. The van der Waals surface area contributed by atoms with Gasteiger partial charge in [-0.15, -0.1) is 5.10 Å². The summed E-state index contributed by atoms with van der Waals surface area (Å²) in [5, 5.41) is 17.3. The van der Waals surface area contributed by atoms with Crippen molar-refractivity contribution >= 4 is 17.3 Å². The second-order valence-electron chi connectivity index (χ2n) is 11.1. The van der Waals surface area contributed by atoms with Gasteiger partial charge in [0.1, 0.15) is 17.3 Å². The van der Waals surface area contributed by atoms with Crippen LogP contribution in [0, 0.1) is 5.41 Å². The van der Waals surface area contributed by atoms with Gasteiger partial charge in [-0.1, -0.05) is 65.9 Å². The molecule has 0 radical (unpaired) electrons. The second-order valence-corrected chi connectivity index (χ2v) is 11.1. The minimum absolute atomic E-state index is 0.0792. The maximum Gasteiger partial charge on any atom is 0.410 e. The number of imidazole rings is 1. The average Bonchev–Trinajstić information content (AvgIpc) is 3.86. The van der Waals surface area contributed by atoms with Crippen LogP contribution >= 0.6 is 0 Å². The molecule has 2 fully saturated rings. The third-order valence-electron chi connectivity index (χ3n) is 8.33. The molecule has 44 heavy (non-hydrogen) atoms. The van der Waals surface area contributed by atoms with Crippen molar-refractivity contribution in [2.24, 2.45) is 0 Å². The number of carbonyl (C=O) groups is 1. The van der Waals surface area contributed by atoms with E-state index in [-0.39, 0.29) is 29.8 Å². The fraction of sp³-hybridized carbons (Fsp3) is 0.355. The highest BCUT2D eigenvalue weighted by molar-refractivity contribution is 5.68. The van der Waals surface area contributed by atoms with E-state index in [1.54, 1.807) is 17.6 Å². The van der Waals surface area contributed by atoms with Crippen LogP contribution in [-0.4, -0.2) is 95.9 Å². The molecule has 13 heteroatoms. The van der Waals surface area contributed by atoms with Crippen LogP contribution in [0.4, 0.5) is 4.79 Å². The summed E-state index contributed by atoms with van der Waals surface area (Å²) >= 11 is 0. The normalized spacial score (nSPS) is 18.8. The molecule has 2 saturated heterocycles. The summed E-state index contributed by atoms with van der Waals surface area (Å²) in [6.07, 6.45) is 5.47. The summed E-state index contributed by atoms with van der Waals surface area (Å²) in [6.45, 7) is 3.99. The van der Waals surface area contributed by atoms with Gasteiger partial charge in [0.05, 0.1) is 50.7 Å². The minimum atomic E-state index is -0.270. The van der Waals surface area contributed by atoms with E-state index in [1.165, 1.54) is 0 Å². The Kier molecular flexibility index (Phi) is 7.86. The fourth-order valence-electron chi connectivity index (χ4n) is 6.12. The van der Waals surface area contributed by atoms with Crippen molar-refractivity contribution in [2.45, 2.75) is 31.2 Å². The molecular formula is C31H34N10O3. The maximum atomic E-state index is 12.9. The standard InChI is InChI=1S/C31H34N10O3/c32-29-26-30(34-20-33-26)40(21-35-29)17-24-18-41(37-36-24)28(23-9-5-2-6-10-23)27(22-7-3-1-4-8-22)38-12-14-39(15-13-38)31(42)44-25-11-16-43-19-25/h1-10,18,20-21,25,27-28,32H,11-17,19H2,(H,33,34)/t25?,27-,28+/m0/s1. The van der Waals surface area contributed by atoms with Gasteiger partial charge in [-0.05, 0) is 11.1 Å². The molecule has 5 heterocycles. The molecule has 0 saturated carbocycles. The number of fused-ring (bicyclic) bond motifs is 1. The van der Waals surface area contributed by atoms with Crippen LogP contribution < -0.4 is 5.49 Å². The topological polar surface area (TPSA) is 143 Å². The quantitative estimate of drug-likeness (QED) is 0.279. The van der Waals surface area contributed by atoms with Crippen molar-refractivity contribution in [1.82, 2.24) is 44.3 Å². The Morgan fingerprint density at radius 2 is 1.73 bits per heavy atom. The number of benzene rings is 2. The lowest BCUT2D eigenvalue weighted by atomic mass is 9.91. The molecule has 2 aliphatic rings. The summed E-state index contributed by atoms with van der Waals surface area (Å²) in [5.74, 6) is 0. The smallest absolute Gasteiger partial charge is 0.410 e. The molecule has 3 aromatic heterocycles. The molecule has 1 unspecified atom stereocenters. The van der Waals surface area contributed by atoms with E-state index >= 15 is 0 Å². The van der Waals surface area contributed by atoms with Gasteiger partial charge in [-0.2, -0.15) is 0 Å². The molecule has 2 N–H and O–H groups in total. The van der Waals surface area contributed by atoms with Crippen molar-refractivity contribution in [1.29, 1.82) is 5.41 Å². The Morgan fingerprint density at radius 1 is 1.00 bits per heavy atom. The number of nitrogens with zero attached hydrogens (tertiary/aromatic N) is 8. The fourth-order valence-corrected chi connectivity index (χ4v) is 6.12. The number of amides is 1. The zero-order chi connectivity index (χ0) is 29.9. The van der Waals surface area contributed by atoms with Crippen LogP contribution in [0.2, 0.25) is 0 Å². The minimum Gasteiger partial charge on any atom is -0.444 e. The number of rotatable bonds is 8.